The predicted octanol–water partition coefficient (Wildman–Crippen LogP) is 3.12. The predicted molar refractivity (Wildman–Crippen MR) is 69.8 cm³/mol. The van der Waals surface area contributed by atoms with Crippen LogP contribution in [0.3, 0.4) is 0 Å². The smallest absolute Gasteiger partial charge is 0.205 e. The molecule has 0 saturated carbocycles. The summed E-state index contributed by atoms with van der Waals surface area (Å²) in [5, 5.41) is 12.4. The fourth-order valence-electron chi connectivity index (χ4n) is 1.45. The average molecular weight is 317 g/mol. The molecule has 0 radical (unpaired) electrons. The van der Waals surface area contributed by atoms with Crippen LogP contribution < -0.4 is 5.32 Å². The Morgan fingerprint density at radius 1 is 1.06 bits per heavy atom. The molecule has 1 aliphatic rings. The normalized spacial score (nSPS) is 30.2. The summed E-state index contributed by atoms with van der Waals surface area (Å²) in [4.78, 5) is 0. The van der Waals surface area contributed by atoms with Gasteiger partial charge in [-0.05, 0) is 12.1 Å². The number of aliphatic hydroxyl groups excluding tert-OH is 1. The minimum Gasteiger partial charge on any atom is -0.365 e. The van der Waals surface area contributed by atoms with Crippen LogP contribution in [0.4, 0.5) is 5.69 Å². The first-order valence-corrected chi connectivity index (χ1v) is 6.27. The number of para-hydroxylation sites is 1. The highest BCUT2D eigenvalue weighted by Gasteiger charge is 2.65. The van der Waals surface area contributed by atoms with Crippen LogP contribution in [0, 0.1) is 0 Å². The first kappa shape index (κ1) is 13.5. The highest BCUT2D eigenvalue weighted by atomic mass is 35.5. The Morgan fingerprint density at radius 3 is 2.12 bits per heavy atom. The zero-order chi connectivity index (χ0) is 12.7. The van der Waals surface area contributed by atoms with Gasteiger partial charge in [-0.25, -0.2) is 0 Å². The largest absolute Gasteiger partial charge is 0.365 e. The molecule has 7 heteroatoms. The number of benzene rings is 1. The Morgan fingerprint density at radius 2 is 1.65 bits per heavy atom. The fraction of sp³-hybridized carbons (Fsp3) is 0.400. The van der Waals surface area contributed by atoms with E-state index in [1.165, 1.54) is 0 Å². The Hall–Kier alpha value is 0.1000. The molecule has 1 aromatic rings. The molecular weight excluding hydrogens is 308 g/mol. The van der Waals surface area contributed by atoms with Crippen molar-refractivity contribution in [1.82, 2.24) is 0 Å². The van der Waals surface area contributed by atoms with Crippen molar-refractivity contribution in [2.45, 2.75) is 21.2 Å². The molecular formula is C10H9Cl4NO2. The molecule has 0 aliphatic carbocycles. The van der Waals surface area contributed by atoms with Gasteiger partial charge < -0.3 is 15.2 Å². The summed E-state index contributed by atoms with van der Waals surface area (Å²) in [6, 6.07) is 9.10. The van der Waals surface area contributed by atoms with Gasteiger partial charge in [0, 0.05) is 5.69 Å². The van der Waals surface area contributed by atoms with E-state index in [-0.39, 0.29) is 0 Å². The van der Waals surface area contributed by atoms with E-state index >= 15 is 0 Å². The van der Waals surface area contributed by atoms with Crippen LogP contribution in [0.2, 0.25) is 0 Å². The summed E-state index contributed by atoms with van der Waals surface area (Å²) in [7, 11) is 0. The van der Waals surface area contributed by atoms with Crippen molar-refractivity contribution in [3.05, 3.63) is 30.3 Å². The third-order valence-electron chi connectivity index (χ3n) is 2.42. The third-order valence-corrected chi connectivity index (χ3v) is 4.77. The maximum atomic E-state index is 9.55. The number of nitrogens with one attached hydrogen (secondary N) is 1. The van der Waals surface area contributed by atoms with Crippen molar-refractivity contribution in [3.8, 4) is 0 Å². The van der Waals surface area contributed by atoms with E-state index in [4.69, 9.17) is 51.1 Å². The number of ether oxygens (including phenoxy) is 1. The standard InChI is InChI=1S/C10H9Cl4NO2/c11-9(12)7(17-8(16)10(9,13)14)15-6-4-2-1-3-5-6/h1-5,7-8,15-16H. The van der Waals surface area contributed by atoms with Crippen LogP contribution in [-0.2, 0) is 4.74 Å². The van der Waals surface area contributed by atoms with Crippen LogP contribution in [0.25, 0.3) is 0 Å². The first-order valence-electron chi connectivity index (χ1n) is 4.76. The van der Waals surface area contributed by atoms with Crippen molar-refractivity contribution < 1.29 is 9.84 Å². The molecule has 0 amide bonds. The highest BCUT2D eigenvalue weighted by Crippen LogP contribution is 2.53. The van der Waals surface area contributed by atoms with E-state index < -0.39 is 21.2 Å². The van der Waals surface area contributed by atoms with Crippen molar-refractivity contribution in [3.63, 3.8) is 0 Å². The van der Waals surface area contributed by atoms with Gasteiger partial charge in [-0.15, -0.1) is 0 Å². The van der Waals surface area contributed by atoms with E-state index in [1.807, 2.05) is 18.2 Å². The average Bonchev–Trinajstić information content (AvgIpc) is 2.41. The summed E-state index contributed by atoms with van der Waals surface area (Å²) in [6.07, 6.45) is -2.39. The zero-order valence-corrected chi connectivity index (χ0v) is 11.4. The molecule has 1 heterocycles. The lowest BCUT2D eigenvalue weighted by atomic mass is 10.2. The van der Waals surface area contributed by atoms with E-state index in [0.29, 0.717) is 0 Å². The summed E-state index contributed by atoms with van der Waals surface area (Å²) in [5.41, 5.74) is 0.724. The summed E-state index contributed by atoms with van der Waals surface area (Å²) >= 11 is 23.8. The maximum Gasteiger partial charge on any atom is 0.205 e. The summed E-state index contributed by atoms with van der Waals surface area (Å²) < 4.78 is 1.63. The number of halogens is 4. The van der Waals surface area contributed by atoms with Gasteiger partial charge in [0.2, 0.25) is 4.33 Å². The van der Waals surface area contributed by atoms with Crippen molar-refractivity contribution >= 4 is 52.1 Å². The van der Waals surface area contributed by atoms with Crippen LogP contribution in [0.1, 0.15) is 0 Å². The molecule has 2 atom stereocenters. The molecule has 0 bridgehead atoms. The number of hydrogen-bond donors (Lipinski definition) is 2. The van der Waals surface area contributed by atoms with Gasteiger partial charge in [-0.3, -0.25) is 0 Å². The molecule has 1 saturated heterocycles. The van der Waals surface area contributed by atoms with Gasteiger partial charge in [0.1, 0.15) is 0 Å². The van der Waals surface area contributed by atoms with E-state index in [2.05, 4.69) is 5.32 Å². The Balaban J connectivity index is 2.19. The second-order valence-corrected chi connectivity index (χ2v) is 6.40. The van der Waals surface area contributed by atoms with Gasteiger partial charge in [-0.2, -0.15) is 0 Å². The third kappa shape index (κ3) is 2.33. The molecule has 1 aliphatic heterocycles. The van der Waals surface area contributed by atoms with Crippen LogP contribution in [0.15, 0.2) is 30.3 Å². The van der Waals surface area contributed by atoms with Gasteiger partial charge in [-0.1, -0.05) is 64.6 Å². The fourth-order valence-corrected chi connectivity index (χ4v) is 2.15. The second-order valence-electron chi connectivity index (χ2n) is 3.62. The zero-order valence-electron chi connectivity index (χ0n) is 8.41. The van der Waals surface area contributed by atoms with Crippen molar-refractivity contribution in [1.29, 1.82) is 0 Å². The van der Waals surface area contributed by atoms with Crippen LogP contribution in [0.5, 0.6) is 0 Å². The van der Waals surface area contributed by atoms with Crippen molar-refractivity contribution in [2.24, 2.45) is 0 Å². The Bertz CT molecular complexity index is 399. The molecule has 3 nitrogen and oxygen atoms in total. The topological polar surface area (TPSA) is 41.5 Å². The number of anilines is 1. The number of aliphatic hydroxyl groups is 1. The Labute approximate surface area is 119 Å². The second kappa shape index (κ2) is 4.65. The lowest BCUT2D eigenvalue weighted by molar-refractivity contribution is -0.0858. The minimum atomic E-state index is -1.80. The quantitative estimate of drug-likeness (QED) is 0.824. The lowest BCUT2D eigenvalue weighted by Crippen LogP contribution is -2.45. The molecule has 2 unspecified atom stereocenters. The Kier molecular flexibility index (Phi) is 3.70. The van der Waals surface area contributed by atoms with Gasteiger partial charge in [0.05, 0.1) is 0 Å². The number of rotatable bonds is 2. The molecule has 1 aromatic carbocycles. The SMILES string of the molecule is OC1OC(Nc2ccccc2)C(Cl)(Cl)C1(Cl)Cl. The van der Waals surface area contributed by atoms with Gasteiger partial charge >= 0.3 is 0 Å². The van der Waals surface area contributed by atoms with Crippen molar-refractivity contribution in [2.75, 3.05) is 5.32 Å². The van der Waals surface area contributed by atoms with Crippen LogP contribution in [-0.4, -0.2) is 26.3 Å². The lowest BCUT2D eigenvalue weighted by Gasteiger charge is -2.28. The first-order chi connectivity index (χ1) is 7.85. The van der Waals surface area contributed by atoms with E-state index in [9.17, 15) is 5.11 Å². The number of alkyl halides is 4. The highest BCUT2D eigenvalue weighted by molar-refractivity contribution is 6.63. The summed E-state index contributed by atoms with van der Waals surface area (Å²) in [5.74, 6) is 0. The number of hydrogen-bond acceptors (Lipinski definition) is 3. The molecule has 2 rings (SSSR count). The molecule has 94 valence electrons. The van der Waals surface area contributed by atoms with Gasteiger partial charge in [0.25, 0.3) is 0 Å². The van der Waals surface area contributed by atoms with E-state index in [1.54, 1.807) is 12.1 Å². The summed E-state index contributed by atoms with van der Waals surface area (Å²) in [6.45, 7) is 0. The molecule has 2 N–H and O–H groups in total. The van der Waals surface area contributed by atoms with Gasteiger partial charge in [0.15, 0.2) is 16.9 Å². The molecule has 17 heavy (non-hydrogen) atoms. The molecule has 1 fully saturated rings. The molecule has 0 aromatic heterocycles. The molecule has 0 spiro atoms. The van der Waals surface area contributed by atoms with Crippen LogP contribution >= 0.6 is 46.4 Å². The monoisotopic (exact) mass is 315 g/mol. The minimum absolute atomic E-state index is 0.724. The maximum absolute atomic E-state index is 9.55. The van der Waals surface area contributed by atoms with E-state index in [0.717, 1.165) is 5.69 Å².